The average Bonchev–Trinajstić information content (AvgIpc) is 2.61. The minimum Gasteiger partial charge on any atom is -0.386 e. The van der Waals surface area contributed by atoms with Gasteiger partial charge in [0.2, 0.25) is 0 Å². The first-order valence-electron chi connectivity index (χ1n) is 5.00. The number of thiophene rings is 1. The molecule has 86 valence electrons. The first-order valence-corrected chi connectivity index (χ1v) is 6.74. The number of nitrogens with zero attached hydrogens (tertiary/aromatic N) is 1. The monoisotopic (exact) mass is 291 g/mol. The number of aliphatic hydroxyl groups excluding tert-OH is 1. The number of likely N-dealkylation sites (N-methyl/N-ethyl adjacent to an activating group) is 1. The lowest BCUT2D eigenvalue weighted by Crippen LogP contribution is -2.46. The van der Waals surface area contributed by atoms with Gasteiger partial charge in [-0.1, -0.05) is 6.92 Å². The number of aliphatic hydroxyl groups is 1. The van der Waals surface area contributed by atoms with Crippen molar-refractivity contribution < 1.29 is 5.11 Å². The molecule has 2 unspecified atom stereocenters. The van der Waals surface area contributed by atoms with Gasteiger partial charge in [0, 0.05) is 21.0 Å². The Morgan fingerprint density at radius 1 is 1.53 bits per heavy atom. The highest BCUT2D eigenvalue weighted by Crippen LogP contribution is 2.37. The smallest absolute Gasteiger partial charge is 0.0989 e. The predicted octanol–water partition coefficient (Wildman–Crippen LogP) is 3.27. The van der Waals surface area contributed by atoms with Crippen molar-refractivity contribution in [2.45, 2.75) is 31.9 Å². The lowest BCUT2D eigenvalue weighted by atomic mass is 9.87. The minimum atomic E-state index is -0.460. The lowest BCUT2D eigenvalue weighted by Gasteiger charge is -2.39. The van der Waals surface area contributed by atoms with Gasteiger partial charge in [0.25, 0.3) is 0 Å². The molecule has 0 amide bonds. The van der Waals surface area contributed by atoms with Crippen LogP contribution < -0.4 is 0 Å². The van der Waals surface area contributed by atoms with Crippen LogP contribution in [-0.2, 0) is 0 Å². The molecule has 1 rings (SSSR count). The fourth-order valence-corrected chi connectivity index (χ4v) is 3.11. The van der Waals surface area contributed by atoms with E-state index < -0.39 is 6.10 Å². The highest BCUT2D eigenvalue weighted by molar-refractivity contribution is 9.10. The van der Waals surface area contributed by atoms with Crippen LogP contribution in [0.5, 0.6) is 0 Å². The standard InChI is InChI=1S/C11H18BrNOS/c1-5-11(2,13(3)4)10(14)8-6-15-7-9(8)12/h6-7,10,14H,5H2,1-4H3. The van der Waals surface area contributed by atoms with Crippen molar-refractivity contribution in [3.8, 4) is 0 Å². The first-order chi connectivity index (χ1) is 6.93. The van der Waals surface area contributed by atoms with Crippen LogP contribution in [0.25, 0.3) is 0 Å². The highest BCUT2D eigenvalue weighted by Gasteiger charge is 2.35. The summed E-state index contributed by atoms with van der Waals surface area (Å²) < 4.78 is 1.00. The molecule has 0 bridgehead atoms. The van der Waals surface area contributed by atoms with Crippen molar-refractivity contribution in [3.05, 3.63) is 20.8 Å². The fraction of sp³-hybridized carbons (Fsp3) is 0.636. The van der Waals surface area contributed by atoms with Gasteiger partial charge in [-0.2, -0.15) is 11.3 Å². The summed E-state index contributed by atoms with van der Waals surface area (Å²) in [6.45, 7) is 4.19. The minimum absolute atomic E-state index is 0.219. The van der Waals surface area contributed by atoms with E-state index in [1.165, 1.54) is 0 Å². The summed E-state index contributed by atoms with van der Waals surface area (Å²) >= 11 is 5.08. The van der Waals surface area contributed by atoms with E-state index in [1.54, 1.807) is 11.3 Å². The second-order valence-electron chi connectivity index (χ2n) is 4.18. The summed E-state index contributed by atoms with van der Waals surface area (Å²) in [5.41, 5.74) is 0.766. The molecular weight excluding hydrogens is 274 g/mol. The van der Waals surface area contributed by atoms with Crippen molar-refractivity contribution in [1.82, 2.24) is 4.90 Å². The second-order valence-corrected chi connectivity index (χ2v) is 5.78. The normalized spacial score (nSPS) is 17.8. The van der Waals surface area contributed by atoms with Crippen LogP contribution in [0.2, 0.25) is 0 Å². The van der Waals surface area contributed by atoms with Gasteiger partial charge in [0.05, 0.1) is 6.10 Å². The SMILES string of the molecule is CCC(C)(C(O)c1cscc1Br)N(C)C. The molecule has 0 aliphatic heterocycles. The maximum absolute atomic E-state index is 10.4. The van der Waals surface area contributed by atoms with Crippen LogP contribution in [0.15, 0.2) is 15.2 Å². The maximum atomic E-state index is 10.4. The third-order valence-electron chi connectivity index (χ3n) is 3.26. The van der Waals surface area contributed by atoms with Crippen LogP contribution >= 0.6 is 27.3 Å². The Kier molecular flexibility index (Phi) is 4.35. The molecule has 0 radical (unpaired) electrons. The molecule has 0 aliphatic carbocycles. The van der Waals surface area contributed by atoms with E-state index in [0.717, 1.165) is 16.5 Å². The molecular formula is C11H18BrNOS. The van der Waals surface area contributed by atoms with Crippen LogP contribution in [0, 0.1) is 0 Å². The van der Waals surface area contributed by atoms with E-state index in [9.17, 15) is 5.11 Å². The zero-order valence-corrected chi connectivity index (χ0v) is 12.0. The van der Waals surface area contributed by atoms with Gasteiger partial charge >= 0.3 is 0 Å². The number of halogens is 1. The highest BCUT2D eigenvalue weighted by atomic mass is 79.9. The van der Waals surface area contributed by atoms with Crippen molar-refractivity contribution in [1.29, 1.82) is 0 Å². The van der Waals surface area contributed by atoms with Crippen molar-refractivity contribution in [3.63, 3.8) is 0 Å². The van der Waals surface area contributed by atoms with E-state index in [-0.39, 0.29) is 5.54 Å². The topological polar surface area (TPSA) is 23.5 Å². The molecule has 2 atom stereocenters. The summed E-state index contributed by atoms with van der Waals surface area (Å²) in [7, 11) is 4.01. The van der Waals surface area contributed by atoms with E-state index in [4.69, 9.17) is 0 Å². The summed E-state index contributed by atoms with van der Waals surface area (Å²) in [4.78, 5) is 2.09. The van der Waals surface area contributed by atoms with Crippen LogP contribution in [0.3, 0.4) is 0 Å². The molecule has 1 heterocycles. The summed E-state index contributed by atoms with van der Waals surface area (Å²) in [5, 5.41) is 14.4. The van der Waals surface area contributed by atoms with Gasteiger partial charge in [-0.15, -0.1) is 0 Å². The Morgan fingerprint density at radius 3 is 2.47 bits per heavy atom. The molecule has 0 saturated heterocycles. The zero-order valence-electron chi connectivity index (χ0n) is 9.62. The number of hydrogen-bond donors (Lipinski definition) is 1. The summed E-state index contributed by atoms with van der Waals surface area (Å²) in [6, 6.07) is 0. The molecule has 15 heavy (non-hydrogen) atoms. The molecule has 0 saturated carbocycles. The summed E-state index contributed by atoms with van der Waals surface area (Å²) in [5.74, 6) is 0. The maximum Gasteiger partial charge on any atom is 0.0989 e. The predicted molar refractivity (Wildman–Crippen MR) is 69.4 cm³/mol. The molecule has 0 fully saturated rings. The second kappa shape index (κ2) is 4.95. The quantitative estimate of drug-likeness (QED) is 0.920. The van der Waals surface area contributed by atoms with Crippen molar-refractivity contribution >= 4 is 27.3 Å². The van der Waals surface area contributed by atoms with Gasteiger partial charge in [0.15, 0.2) is 0 Å². The molecule has 2 nitrogen and oxygen atoms in total. The third-order valence-corrected chi connectivity index (χ3v) is 5.01. The van der Waals surface area contributed by atoms with Crippen LogP contribution in [-0.4, -0.2) is 29.6 Å². The van der Waals surface area contributed by atoms with E-state index in [0.29, 0.717) is 0 Å². The fourth-order valence-electron chi connectivity index (χ4n) is 1.58. The molecule has 4 heteroatoms. The Bertz CT molecular complexity index is 326. The number of hydrogen-bond acceptors (Lipinski definition) is 3. The molecule has 1 N–H and O–H groups in total. The van der Waals surface area contributed by atoms with Gasteiger partial charge in [-0.3, -0.25) is 0 Å². The Morgan fingerprint density at radius 2 is 2.13 bits per heavy atom. The van der Waals surface area contributed by atoms with Crippen molar-refractivity contribution in [2.24, 2.45) is 0 Å². The van der Waals surface area contributed by atoms with Gasteiger partial charge in [-0.25, -0.2) is 0 Å². The van der Waals surface area contributed by atoms with Gasteiger partial charge in [-0.05, 0) is 48.7 Å². The Labute approximate surface area is 104 Å². The van der Waals surface area contributed by atoms with Crippen LogP contribution in [0.1, 0.15) is 31.9 Å². The zero-order chi connectivity index (χ0) is 11.6. The third kappa shape index (κ3) is 2.44. The van der Waals surface area contributed by atoms with Crippen LogP contribution in [0.4, 0.5) is 0 Å². The molecule has 0 spiro atoms. The van der Waals surface area contributed by atoms with E-state index in [2.05, 4.69) is 34.7 Å². The Hall–Kier alpha value is 0.1000. The largest absolute Gasteiger partial charge is 0.386 e. The molecule has 1 aromatic rings. The molecule has 0 aliphatic rings. The number of rotatable bonds is 4. The Balaban J connectivity index is 3.02. The average molecular weight is 292 g/mol. The van der Waals surface area contributed by atoms with E-state index in [1.807, 2.05) is 24.9 Å². The van der Waals surface area contributed by atoms with E-state index >= 15 is 0 Å². The first kappa shape index (κ1) is 13.2. The lowest BCUT2D eigenvalue weighted by molar-refractivity contribution is 0.000712. The summed E-state index contributed by atoms with van der Waals surface area (Å²) in [6.07, 6.45) is 0.446. The van der Waals surface area contributed by atoms with Crippen molar-refractivity contribution in [2.75, 3.05) is 14.1 Å². The van der Waals surface area contributed by atoms with Gasteiger partial charge in [0.1, 0.15) is 0 Å². The molecule has 0 aromatic carbocycles. The van der Waals surface area contributed by atoms with Gasteiger partial charge < -0.3 is 10.0 Å². The molecule has 1 aromatic heterocycles.